The van der Waals surface area contributed by atoms with Crippen molar-refractivity contribution < 1.29 is 14.1 Å². The molecule has 0 unspecified atom stereocenters. The summed E-state index contributed by atoms with van der Waals surface area (Å²) in [6.45, 7) is 0. The number of hydrogen-bond donors (Lipinski definition) is 0. The van der Waals surface area contributed by atoms with Gasteiger partial charge in [0.25, 0.3) is 11.6 Å². The second-order valence-corrected chi connectivity index (χ2v) is 6.09. The van der Waals surface area contributed by atoms with Crippen LogP contribution in [0.2, 0.25) is 0 Å². The minimum atomic E-state index is -0.468. The molecule has 0 radical (unpaired) electrons. The molecule has 23 heavy (non-hydrogen) atoms. The number of benzene rings is 1. The van der Waals surface area contributed by atoms with Crippen molar-refractivity contribution in [3.05, 3.63) is 52.3 Å². The van der Waals surface area contributed by atoms with E-state index in [1.807, 2.05) is 0 Å². The monoisotopic (exact) mass is 347 g/mol. The smallest absolute Gasteiger partial charge is 0.280 e. The molecule has 1 saturated heterocycles. The van der Waals surface area contributed by atoms with Gasteiger partial charge in [-0.2, -0.15) is 10.1 Å². The maximum absolute atomic E-state index is 11.6. The van der Waals surface area contributed by atoms with Crippen LogP contribution in [0.1, 0.15) is 5.76 Å². The van der Waals surface area contributed by atoms with E-state index in [1.54, 1.807) is 30.3 Å². The van der Waals surface area contributed by atoms with Gasteiger partial charge in [-0.05, 0) is 18.2 Å². The Labute approximate surface area is 140 Å². The van der Waals surface area contributed by atoms with Crippen molar-refractivity contribution >= 4 is 46.1 Å². The van der Waals surface area contributed by atoms with Crippen molar-refractivity contribution in [1.29, 1.82) is 0 Å². The van der Waals surface area contributed by atoms with Gasteiger partial charge < -0.3 is 4.42 Å². The van der Waals surface area contributed by atoms with Crippen molar-refractivity contribution in [3.8, 4) is 11.3 Å². The molecule has 1 fully saturated rings. The van der Waals surface area contributed by atoms with E-state index >= 15 is 0 Å². The third-order valence-electron chi connectivity index (χ3n) is 3.02. The fraction of sp³-hybridized carbons (Fsp3) is 0.0714. The summed E-state index contributed by atoms with van der Waals surface area (Å²) in [7, 11) is 0. The number of amides is 1. The van der Waals surface area contributed by atoms with E-state index in [2.05, 4.69) is 5.10 Å². The Bertz CT molecular complexity index is 815. The number of nitro groups is 1. The minimum absolute atomic E-state index is 0.0439. The van der Waals surface area contributed by atoms with Crippen LogP contribution >= 0.6 is 24.0 Å². The molecule has 2 heterocycles. The Morgan fingerprint density at radius 2 is 2.13 bits per heavy atom. The largest absolute Gasteiger partial charge is 0.455 e. The summed E-state index contributed by atoms with van der Waals surface area (Å²) in [5, 5.41) is 16.2. The molecule has 9 heteroatoms. The SMILES string of the molecule is O=C1CSC(=S)N1/N=C/c1ccc(-c2ccccc2[N+](=O)[O-])o1. The van der Waals surface area contributed by atoms with Crippen LogP contribution in [0.4, 0.5) is 5.69 Å². The second-order valence-electron chi connectivity index (χ2n) is 4.48. The van der Waals surface area contributed by atoms with Crippen LogP contribution in [0.3, 0.4) is 0 Å². The molecule has 3 rings (SSSR count). The van der Waals surface area contributed by atoms with Gasteiger partial charge in [0.2, 0.25) is 0 Å². The van der Waals surface area contributed by atoms with Gasteiger partial charge >= 0.3 is 0 Å². The van der Waals surface area contributed by atoms with E-state index < -0.39 is 4.92 Å². The van der Waals surface area contributed by atoms with E-state index in [1.165, 1.54) is 24.0 Å². The molecule has 1 aliphatic rings. The third kappa shape index (κ3) is 3.15. The van der Waals surface area contributed by atoms with Gasteiger partial charge in [0, 0.05) is 6.07 Å². The molecule has 1 aromatic carbocycles. The molecule has 0 saturated carbocycles. The summed E-state index contributed by atoms with van der Waals surface area (Å²) in [5.74, 6) is 0.798. The summed E-state index contributed by atoms with van der Waals surface area (Å²) in [6.07, 6.45) is 1.36. The zero-order valence-electron chi connectivity index (χ0n) is 11.5. The first kappa shape index (κ1) is 15.4. The first-order valence-electron chi connectivity index (χ1n) is 6.43. The van der Waals surface area contributed by atoms with Gasteiger partial charge in [0.05, 0.1) is 22.5 Å². The zero-order valence-corrected chi connectivity index (χ0v) is 13.2. The number of hydrazone groups is 1. The lowest BCUT2D eigenvalue weighted by Crippen LogP contribution is -2.22. The highest BCUT2D eigenvalue weighted by Crippen LogP contribution is 2.30. The van der Waals surface area contributed by atoms with Crippen molar-refractivity contribution in [1.82, 2.24) is 5.01 Å². The molecular formula is C14H9N3O4S2. The highest BCUT2D eigenvalue weighted by Gasteiger charge is 2.26. The molecule has 116 valence electrons. The summed E-state index contributed by atoms with van der Waals surface area (Å²) in [6, 6.07) is 9.52. The summed E-state index contributed by atoms with van der Waals surface area (Å²) in [5.41, 5.74) is 0.332. The van der Waals surface area contributed by atoms with E-state index in [0.717, 1.165) is 5.01 Å². The van der Waals surface area contributed by atoms with Crippen LogP contribution in [-0.4, -0.2) is 32.1 Å². The Balaban J connectivity index is 1.86. The topological polar surface area (TPSA) is 89.0 Å². The van der Waals surface area contributed by atoms with E-state index in [-0.39, 0.29) is 17.3 Å². The van der Waals surface area contributed by atoms with Crippen LogP contribution in [0.15, 0.2) is 45.9 Å². The predicted octanol–water partition coefficient (Wildman–Crippen LogP) is 3.05. The molecule has 0 N–H and O–H groups in total. The lowest BCUT2D eigenvalue weighted by Gasteiger charge is -2.05. The molecule has 0 atom stereocenters. The lowest BCUT2D eigenvalue weighted by atomic mass is 10.1. The zero-order chi connectivity index (χ0) is 16.4. The van der Waals surface area contributed by atoms with E-state index in [9.17, 15) is 14.9 Å². The summed E-state index contributed by atoms with van der Waals surface area (Å²) >= 11 is 6.25. The predicted molar refractivity (Wildman–Crippen MR) is 90.3 cm³/mol. The van der Waals surface area contributed by atoms with Gasteiger partial charge in [-0.25, -0.2) is 0 Å². The first-order valence-corrected chi connectivity index (χ1v) is 7.83. The average Bonchev–Trinajstić information content (AvgIpc) is 3.13. The van der Waals surface area contributed by atoms with Crippen LogP contribution in [0, 0.1) is 10.1 Å². The average molecular weight is 347 g/mol. The van der Waals surface area contributed by atoms with Crippen LogP contribution in [0.25, 0.3) is 11.3 Å². The summed E-state index contributed by atoms with van der Waals surface area (Å²) < 4.78 is 5.93. The Morgan fingerprint density at radius 1 is 1.35 bits per heavy atom. The van der Waals surface area contributed by atoms with Crippen molar-refractivity contribution in [2.24, 2.45) is 5.10 Å². The Kier molecular flexibility index (Phi) is 4.22. The van der Waals surface area contributed by atoms with Gasteiger partial charge in [-0.1, -0.05) is 36.1 Å². The number of furan rings is 1. The van der Waals surface area contributed by atoms with E-state index in [0.29, 0.717) is 21.4 Å². The van der Waals surface area contributed by atoms with Crippen molar-refractivity contribution in [2.75, 3.05) is 5.75 Å². The van der Waals surface area contributed by atoms with Crippen LogP contribution in [0.5, 0.6) is 0 Å². The number of nitrogens with zero attached hydrogens (tertiary/aromatic N) is 3. The number of nitro benzene ring substituents is 1. The molecule has 0 aliphatic carbocycles. The maximum Gasteiger partial charge on any atom is 0.280 e. The Hall–Kier alpha value is -2.52. The van der Waals surface area contributed by atoms with Crippen molar-refractivity contribution in [2.45, 2.75) is 0 Å². The fourth-order valence-corrected chi connectivity index (χ4v) is 2.95. The second kappa shape index (κ2) is 6.31. The number of carbonyl (C=O) groups excluding carboxylic acids is 1. The maximum atomic E-state index is 11.6. The van der Waals surface area contributed by atoms with Gasteiger partial charge in [0.15, 0.2) is 4.32 Å². The summed E-state index contributed by atoms with van der Waals surface area (Å²) in [4.78, 5) is 22.1. The fourth-order valence-electron chi connectivity index (χ4n) is 1.98. The molecule has 1 aromatic heterocycles. The highest BCUT2D eigenvalue weighted by molar-refractivity contribution is 8.23. The molecule has 2 aromatic rings. The third-order valence-corrected chi connectivity index (χ3v) is 4.36. The number of thiocarbonyl (C=S) groups is 1. The lowest BCUT2D eigenvalue weighted by molar-refractivity contribution is -0.384. The quantitative estimate of drug-likeness (QED) is 0.365. The first-order chi connectivity index (χ1) is 11.1. The number of thioether (sulfide) groups is 1. The Morgan fingerprint density at radius 3 is 2.83 bits per heavy atom. The highest BCUT2D eigenvalue weighted by atomic mass is 32.2. The molecule has 0 bridgehead atoms. The number of para-hydroxylation sites is 1. The van der Waals surface area contributed by atoms with Gasteiger partial charge in [0.1, 0.15) is 11.5 Å². The normalized spacial score (nSPS) is 14.9. The van der Waals surface area contributed by atoms with Gasteiger partial charge in [-0.15, -0.1) is 0 Å². The molecule has 7 nitrogen and oxygen atoms in total. The van der Waals surface area contributed by atoms with Crippen molar-refractivity contribution in [3.63, 3.8) is 0 Å². The van der Waals surface area contributed by atoms with Crippen LogP contribution < -0.4 is 0 Å². The van der Waals surface area contributed by atoms with Gasteiger partial charge in [-0.3, -0.25) is 14.9 Å². The number of carbonyl (C=O) groups is 1. The van der Waals surface area contributed by atoms with Crippen LogP contribution in [-0.2, 0) is 4.79 Å². The molecule has 1 amide bonds. The molecule has 1 aliphatic heterocycles. The molecule has 0 spiro atoms. The van der Waals surface area contributed by atoms with E-state index in [4.69, 9.17) is 16.6 Å². The standard InChI is InChI=1S/C14H9N3O4S2/c18-13-8-23-14(22)16(13)15-7-9-5-6-12(21-9)10-3-1-2-4-11(10)17(19)20/h1-7H,8H2/b15-7+. The number of hydrogen-bond acceptors (Lipinski definition) is 7. The molecular weight excluding hydrogens is 338 g/mol. The number of rotatable bonds is 4. The minimum Gasteiger partial charge on any atom is -0.455 e.